The lowest BCUT2D eigenvalue weighted by Gasteiger charge is -2.22. The van der Waals surface area contributed by atoms with Gasteiger partial charge in [0.15, 0.2) is 21.3 Å². The van der Waals surface area contributed by atoms with Gasteiger partial charge in [0.05, 0.1) is 37.3 Å². The monoisotopic (exact) mass is 455 g/mol. The van der Waals surface area contributed by atoms with E-state index < -0.39 is 21.9 Å². The van der Waals surface area contributed by atoms with Crippen molar-refractivity contribution < 1.29 is 37.7 Å². The summed E-state index contributed by atoms with van der Waals surface area (Å²) in [6.07, 6.45) is 3.39. The topological polar surface area (TPSA) is 157 Å². The summed E-state index contributed by atoms with van der Waals surface area (Å²) in [5, 5.41) is 19.7. The number of benzene rings is 1. The van der Waals surface area contributed by atoms with Crippen LogP contribution in [0.5, 0.6) is 11.5 Å². The van der Waals surface area contributed by atoms with Crippen molar-refractivity contribution in [3.05, 3.63) is 30.6 Å². The Hall–Kier alpha value is -3.12. The average molecular weight is 455 g/mol. The van der Waals surface area contributed by atoms with E-state index in [0.717, 1.165) is 0 Å². The smallest absolute Gasteiger partial charge is 0.290 e. The van der Waals surface area contributed by atoms with Crippen LogP contribution in [0.25, 0.3) is 11.4 Å². The van der Waals surface area contributed by atoms with Crippen LogP contribution in [-0.2, 0) is 24.2 Å². The maximum Gasteiger partial charge on any atom is 0.290 e. The van der Waals surface area contributed by atoms with E-state index in [1.807, 2.05) is 0 Å². The molecule has 1 fully saturated rings. The molecule has 0 saturated carbocycles. The second-order valence-electron chi connectivity index (χ2n) is 6.71. The van der Waals surface area contributed by atoms with Gasteiger partial charge >= 0.3 is 0 Å². The molecule has 1 saturated heterocycles. The van der Waals surface area contributed by atoms with Gasteiger partial charge in [-0.25, -0.2) is 13.4 Å². The lowest BCUT2D eigenvalue weighted by atomic mass is 10.1. The molecule has 0 unspecified atom stereocenters. The zero-order valence-electron chi connectivity index (χ0n) is 17.1. The molecule has 0 spiro atoms. The van der Waals surface area contributed by atoms with E-state index >= 15 is 0 Å². The largest absolute Gasteiger partial charge is 0.504 e. The third-order valence-corrected chi connectivity index (χ3v) is 6.38. The summed E-state index contributed by atoms with van der Waals surface area (Å²) in [6, 6.07) is 3.77. The number of phenolic OH excluding ortho intramolecular Hbond substituents is 1. The Morgan fingerprint density at radius 2 is 2.06 bits per heavy atom. The average Bonchev–Trinajstić information content (AvgIpc) is 3.30. The molecule has 170 valence electrons. The van der Waals surface area contributed by atoms with E-state index in [1.54, 1.807) is 29.1 Å². The number of nitrogens with zero attached hydrogens (tertiary/aromatic N) is 2. The second kappa shape index (κ2) is 10.8. The molecule has 2 atom stereocenters. The third-order valence-electron chi connectivity index (χ3n) is 4.67. The van der Waals surface area contributed by atoms with E-state index in [2.05, 4.69) is 10.3 Å². The molecule has 2 aromatic rings. The molecule has 3 N–H and O–H groups in total. The number of carboxylic acid groups (broad SMARTS) is 1. The summed E-state index contributed by atoms with van der Waals surface area (Å²) in [6.45, 7) is 0.0113. The molecule has 12 heteroatoms. The molecular weight excluding hydrogens is 430 g/mol. The minimum Gasteiger partial charge on any atom is -0.504 e. The summed E-state index contributed by atoms with van der Waals surface area (Å²) >= 11 is 0. The molecule has 3 rings (SSSR count). The Morgan fingerprint density at radius 3 is 2.68 bits per heavy atom. The predicted molar refractivity (Wildman–Crippen MR) is 111 cm³/mol. The number of hydrogen-bond acceptors (Lipinski definition) is 8. The van der Waals surface area contributed by atoms with Gasteiger partial charge < -0.3 is 29.6 Å². The van der Waals surface area contributed by atoms with Crippen molar-refractivity contribution in [2.45, 2.75) is 18.5 Å². The summed E-state index contributed by atoms with van der Waals surface area (Å²) in [4.78, 5) is 24.8. The van der Waals surface area contributed by atoms with Crippen molar-refractivity contribution in [3.63, 3.8) is 0 Å². The first kappa shape index (κ1) is 24.2. The molecule has 0 aliphatic carbocycles. The number of methoxy groups -OCH3 is 2. The molecule has 1 aromatic heterocycles. The molecule has 11 nitrogen and oxygen atoms in total. The van der Waals surface area contributed by atoms with Gasteiger partial charge in [0.25, 0.3) is 6.47 Å². The van der Waals surface area contributed by atoms with Crippen LogP contribution in [-0.4, -0.2) is 78.9 Å². The second-order valence-corrected chi connectivity index (χ2v) is 8.87. The van der Waals surface area contributed by atoms with Crippen molar-refractivity contribution >= 4 is 22.2 Å². The SMILES string of the molecule is COCCC(=O)N[C@H]1CS(=O)(=O)C[C@H]1n1ccnc1-c1ccc(OC)c(O)c1.O=CO. The molecule has 0 bridgehead atoms. The summed E-state index contributed by atoms with van der Waals surface area (Å²) in [5.74, 6) is 0.274. The maximum absolute atomic E-state index is 12.3. The van der Waals surface area contributed by atoms with Gasteiger partial charge in [0.2, 0.25) is 5.91 Å². The van der Waals surface area contributed by atoms with Gasteiger partial charge in [-0.15, -0.1) is 0 Å². The molecule has 31 heavy (non-hydrogen) atoms. The zero-order chi connectivity index (χ0) is 23.0. The van der Waals surface area contributed by atoms with Crippen molar-refractivity contribution in [1.29, 1.82) is 0 Å². The number of rotatable bonds is 7. The summed E-state index contributed by atoms with van der Waals surface area (Å²) < 4.78 is 36.2. The van der Waals surface area contributed by atoms with Crippen LogP contribution in [0.1, 0.15) is 12.5 Å². The highest BCUT2D eigenvalue weighted by molar-refractivity contribution is 7.91. The quantitative estimate of drug-likeness (QED) is 0.504. The number of sulfone groups is 1. The van der Waals surface area contributed by atoms with Gasteiger partial charge in [0.1, 0.15) is 5.82 Å². The Bertz CT molecular complexity index is 1010. The molecule has 1 aliphatic rings. The van der Waals surface area contributed by atoms with E-state index in [9.17, 15) is 18.3 Å². The number of aromatic nitrogens is 2. The first-order valence-corrected chi connectivity index (χ1v) is 11.0. The first-order chi connectivity index (χ1) is 14.8. The van der Waals surface area contributed by atoms with E-state index in [0.29, 0.717) is 17.1 Å². The minimum atomic E-state index is -3.32. The standard InChI is InChI=1S/C18H23N3O6S.CH2O2/c1-26-8-5-17(23)20-13-10-28(24,25)11-14(13)21-7-6-19-18(21)12-3-4-16(27-2)15(22)9-12;2-1-3/h3-4,6-7,9,13-14,22H,5,8,10-11H2,1-2H3,(H,20,23);1H,(H,2,3)/t13-,14+;/m0./s1. The van der Waals surface area contributed by atoms with Crippen LogP contribution in [0.3, 0.4) is 0 Å². The van der Waals surface area contributed by atoms with Crippen LogP contribution in [0.2, 0.25) is 0 Å². The molecule has 2 heterocycles. The number of nitrogens with one attached hydrogen (secondary N) is 1. The number of carbonyl (C=O) groups excluding carboxylic acids is 1. The number of aromatic hydroxyl groups is 1. The zero-order valence-corrected chi connectivity index (χ0v) is 17.9. The highest BCUT2D eigenvalue weighted by Crippen LogP contribution is 2.33. The molecule has 1 aromatic carbocycles. The van der Waals surface area contributed by atoms with E-state index in [1.165, 1.54) is 20.3 Å². The molecule has 0 radical (unpaired) electrons. The normalized spacial score (nSPS) is 19.2. The van der Waals surface area contributed by atoms with Gasteiger partial charge in [-0.1, -0.05) is 0 Å². The number of ether oxygens (including phenoxy) is 2. The number of hydrogen-bond donors (Lipinski definition) is 3. The Kier molecular flexibility index (Phi) is 8.39. The maximum atomic E-state index is 12.3. The molecular formula is C19H25N3O8S. The number of phenols is 1. The first-order valence-electron chi connectivity index (χ1n) is 9.23. The summed E-state index contributed by atoms with van der Waals surface area (Å²) in [5.41, 5.74) is 0.608. The fourth-order valence-corrected chi connectivity index (χ4v) is 5.25. The predicted octanol–water partition coefficient (Wildman–Crippen LogP) is 0.456. The highest BCUT2D eigenvalue weighted by atomic mass is 32.2. The fourth-order valence-electron chi connectivity index (χ4n) is 3.35. The van der Waals surface area contributed by atoms with E-state index in [4.69, 9.17) is 19.4 Å². The van der Waals surface area contributed by atoms with Crippen LogP contribution >= 0.6 is 0 Å². The van der Waals surface area contributed by atoms with E-state index in [-0.39, 0.29) is 42.7 Å². The van der Waals surface area contributed by atoms with Gasteiger partial charge in [-0.2, -0.15) is 0 Å². The Morgan fingerprint density at radius 1 is 1.35 bits per heavy atom. The Labute approximate surface area is 179 Å². The minimum absolute atomic E-state index is 0.0435. The molecule has 1 aliphatic heterocycles. The highest BCUT2D eigenvalue weighted by Gasteiger charge is 2.40. The lowest BCUT2D eigenvalue weighted by molar-refractivity contribution is -0.123. The summed E-state index contributed by atoms with van der Waals surface area (Å²) in [7, 11) is -0.366. The van der Waals surface area contributed by atoms with Crippen molar-refractivity contribution in [3.8, 4) is 22.9 Å². The number of imidazole rings is 1. The Balaban J connectivity index is 0.00000107. The van der Waals surface area contributed by atoms with Gasteiger partial charge in [-0.05, 0) is 18.2 Å². The van der Waals surface area contributed by atoms with Gasteiger partial charge in [0, 0.05) is 31.5 Å². The van der Waals surface area contributed by atoms with Crippen molar-refractivity contribution in [1.82, 2.24) is 14.9 Å². The molecule has 1 amide bonds. The van der Waals surface area contributed by atoms with Crippen LogP contribution in [0, 0.1) is 0 Å². The van der Waals surface area contributed by atoms with Crippen molar-refractivity contribution in [2.24, 2.45) is 0 Å². The third kappa shape index (κ3) is 6.18. The van der Waals surface area contributed by atoms with Crippen LogP contribution in [0.15, 0.2) is 30.6 Å². The van der Waals surface area contributed by atoms with Crippen molar-refractivity contribution in [2.75, 3.05) is 32.3 Å². The van der Waals surface area contributed by atoms with Crippen LogP contribution in [0.4, 0.5) is 0 Å². The number of amides is 1. The van der Waals surface area contributed by atoms with Gasteiger partial charge in [-0.3, -0.25) is 9.59 Å². The number of carbonyl (C=O) groups is 2. The van der Waals surface area contributed by atoms with Crippen LogP contribution < -0.4 is 10.1 Å². The lowest BCUT2D eigenvalue weighted by Crippen LogP contribution is -2.41. The fraction of sp³-hybridized carbons (Fsp3) is 0.421.